The predicted octanol–water partition coefficient (Wildman–Crippen LogP) is 3.76. The van der Waals surface area contributed by atoms with Crippen molar-refractivity contribution in [2.75, 3.05) is 20.3 Å². The summed E-state index contributed by atoms with van der Waals surface area (Å²) in [4.78, 5) is 19.2. The van der Waals surface area contributed by atoms with Crippen LogP contribution in [0.5, 0.6) is 5.75 Å². The average molecular weight is 429 g/mol. The summed E-state index contributed by atoms with van der Waals surface area (Å²) < 4.78 is 34.9. The Labute approximate surface area is 180 Å². The lowest BCUT2D eigenvalue weighted by Gasteiger charge is -2.26. The second-order valence-electron chi connectivity index (χ2n) is 7.07. The molecule has 1 aliphatic rings. The number of halogens is 2. The van der Waals surface area contributed by atoms with E-state index in [1.54, 1.807) is 25.2 Å². The number of benzene rings is 2. The van der Waals surface area contributed by atoms with Gasteiger partial charge in [-0.1, -0.05) is 36.4 Å². The number of allylic oxidation sites excluding steroid dienone is 1. The van der Waals surface area contributed by atoms with E-state index in [1.165, 1.54) is 17.0 Å². The Morgan fingerprint density at radius 2 is 1.94 bits per heavy atom. The average Bonchev–Trinajstić information content (AvgIpc) is 2.99. The van der Waals surface area contributed by atoms with Gasteiger partial charge in [0.1, 0.15) is 5.75 Å². The minimum atomic E-state index is -2.93. The summed E-state index contributed by atoms with van der Waals surface area (Å²) in [5.41, 5.74) is 7.59. The number of hydrogen-bond donors (Lipinski definition) is 1. The number of rotatable bonds is 8. The number of likely N-dealkylation sites (N-methyl/N-ethyl adjacent to an activating group) is 1. The van der Waals surface area contributed by atoms with E-state index < -0.39 is 12.2 Å². The van der Waals surface area contributed by atoms with E-state index in [0.29, 0.717) is 24.3 Å². The van der Waals surface area contributed by atoms with Crippen molar-refractivity contribution in [2.24, 2.45) is 10.7 Å². The minimum Gasteiger partial charge on any atom is -0.435 e. The standard InChI is InChI=1S/C23H25F2N3O3/c1-4-30-13-12-15(2)16-6-5-7-18(14-16)23(20(29)28(3)22(26)27-23)17-8-10-19(11-9-17)31-21(24)25/h5-12,14,21H,4,13H2,1-3H3,(H2,26,27)/b15-12-. The van der Waals surface area contributed by atoms with Crippen LogP contribution in [-0.2, 0) is 15.1 Å². The highest BCUT2D eigenvalue weighted by atomic mass is 19.3. The van der Waals surface area contributed by atoms with Gasteiger partial charge in [0.25, 0.3) is 5.91 Å². The second kappa shape index (κ2) is 9.26. The number of aliphatic imine (C=N–C) groups is 1. The van der Waals surface area contributed by atoms with E-state index in [1.807, 2.05) is 38.1 Å². The molecule has 0 radical (unpaired) electrons. The molecule has 1 aliphatic heterocycles. The van der Waals surface area contributed by atoms with Crippen LogP contribution in [0.25, 0.3) is 5.57 Å². The Hall–Kier alpha value is -3.26. The number of nitrogens with zero attached hydrogens (tertiary/aromatic N) is 2. The summed E-state index contributed by atoms with van der Waals surface area (Å²) in [6, 6.07) is 13.3. The van der Waals surface area contributed by atoms with Gasteiger partial charge in [-0.2, -0.15) is 8.78 Å². The molecule has 2 aromatic rings. The first-order valence-corrected chi connectivity index (χ1v) is 9.83. The Bertz CT molecular complexity index is 1010. The molecule has 1 amide bonds. The zero-order chi connectivity index (χ0) is 22.6. The van der Waals surface area contributed by atoms with E-state index in [9.17, 15) is 13.6 Å². The van der Waals surface area contributed by atoms with Crippen LogP contribution in [0.4, 0.5) is 8.78 Å². The molecule has 8 heteroatoms. The van der Waals surface area contributed by atoms with Gasteiger partial charge in [-0.05, 0) is 54.3 Å². The maximum absolute atomic E-state index is 13.3. The Kier molecular flexibility index (Phi) is 6.70. The molecule has 2 aromatic carbocycles. The van der Waals surface area contributed by atoms with Crippen molar-refractivity contribution in [1.82, 2.24) is 4.90 Å². The van der Waals surface area contributed by atoms with Gasteiger partial charge in [-0.3, -0.25) is 9.69 Å². The molecule has 0 bridgehead atoms. The molecule has 1 unspecified atom stereocenters. The topological polar surface area (TPSA) is 77.2 Å². The van der Waals surface area contributed by atoms with E-state index in [2.05, 4.69) is 9.73 Å². The molecular weight excluding hydrogens is 404 g/mol. The molecule has 0 fully saturated rings. The van der Waals surface area contributed by atoms with Crippen LogP contribution in [-0.4, -0.2) is 43.6 Å². The third-order valence-corrected chi connectivity index (χ3v) is 5.18. The lowest BCUT2D eigenvalue weighted by Crippen LogP contribution is -2.41. The largest absolute Gasteiger partial charge is 0.435 e. The molecule has 3 rings (SSSR count). The predicted molar refractivity (Wildman–Crippen MR) is 115 cm³/mol. The first kappa shape index (κ1) is 22.4. The molecule has 0 saturated heterocycles. The fraction of sp³-hybridized carbons (Fsp3) is 0.304. The molecule has 0 aromatic heterocycles. The number of alkyl halides is 2. The van der Waals surface area contributed by atoms with Crippen molar-refractivity contribution in [2.45, 2.75) is 26.0 Å². The normalized spacial score (nSPS) is 19.2. The Morgan fingerprint density at radius 1 is 1.23 bits per heavy atom. The number of amides is 1. The van der Waals surface area contributed by atoms with E-state index in [-0.39, 0.29) is 17.6 Å². The second-order valence-corrected chi connectivity index (χ2v) is 7.07. The highest BCUT2D eigenvalue weighted by Crippen LogP contribution is 2.40. The minimum absolute atomic E-state index is 0.00638. The van der Waals surface area contributed by atoms with E-state index in [0.717, 1.165) is 11.1 Å². The summed E-state index contributed by atoms with van der Waals surface area (Å²) in [5.74, 6) is -0.263. The van der Waals surface area contributed by atoms with Crippen LogP contribution < -0.4 is 10.5 Å². The zero-order valence-electron chi connectivity index (χ0n) is 17.6. The maximum Gasteiger partial charge on any atom is 0.387 e. The van der Waals surface area contributed by atoms with Gasteiger partial charge in [0.2, 0.25) is 0 Å². The van der Waals surface area contributed by atoms with Gasteiger partial charge in [0.05, 0.1) is 6.61 Å². The first-order chi connectivity index (χ1) is 14.8. The Balaban J connectivity index is 2.09. The molecule has 31 heavy (non-hydrogen) atoms. The smallest absolute Gasteiger partial charge is 0.387 e. The van der Waals surface area contributed by atoms with Crippen molar-refractivity contribution >= 4 is 17.4 Å². The molecular formula is C23H25F2N3O3. The van der Waals surface area contributed by atoms with Crippen molar-refractivity contribution in [3.05, 3.63) is 71.3 Å². The van der Waals surface area contributed by atoms with Gasteiger partial charge in [-0.15, -0.1) is 0 Å². The fourth-order valence-corrected chi connectivity index (χ4v) is 3.47. The van der Waals surface area contributed by atoms with Gasteiger partial charge >= 0.3 is 6.61 Å². The number of ether oxygens (including phenoxy) is 2. The summed E-state index contributed by atoms with van der Waals surface area (Å²) in [6.45, 7) is 2.05. The van der Waals surface area contributed by atoms with Crippen molar-refractivity contribution in [3.8, 4) is 5.75 Å². The lowest BCUT2D eigenvalue weighted by atomic mass is 9.81. The summed E-state index contributed by atoms with van der Waals surface area (Å²) >= 11 is 0. The van der Waals surface area contributed by atoms with Gasteiger partial charge in [0, 0.05) is 13.7 Å². The molecule has 0 saturated carbocycles. The van der Waals surface area contributed by atoms with Crippen LogP contribution in [0, 0.1) is 0 Å². The van der Waals surface area contributed by atoms with Gasteiger partial charge < -0.3 is 15.2 Å². The third kappa shape index (κ3) is 4.44. The fourth-order valence-electron chi connectivity index (χ4n) is 3.47. The molecule has 1 heterocycles. The Morgan fingerprint density at radius 3 is 2.52 bits per heavy atom. The van der Waals surface area contributed by atoms with Gasteiger partial charge in [0.15, 0.2) is 11.5 Å². The number of guanidine groups is 1. The molecule has 2 N–H and O–H groups in total. The highest BCUT2D eigenvalue weighted by molar-refractivity contribution is 6.09. The van der Waals surface area contributed by atoms with Crippen LogP contribution in [0.3, 0.4) is 0 Å². The van der Waals surface area contributed by atoms with Crippen molar-refractivity contribution in [1.29, 1.82) is 0 Å². The highest BCUT2D eigenvalue weighted by Gasteiger charge is 2.49. The summed E-state index contributed by atoms with van der Waals surface area (Å²) in [5, 5.41) is 0. The van der Waals surface area contributed by atoms with E-state index in [4.69, 9.17) is 10.5 Å². The van der Waals surface area contributed by atoms with Crippen molar-refractivity contribution < 1.29 is 23.0 Å². The van der Waals surface area contributed by atoms with Crippen LogP contribution >= 0.6 is 0 Å². The zero-order valence-corrected chi connectivity index (χ0v) is 17.6. The van der Waals surface area contributed by atoms with Gasteiger partial charge in [-0.25, -0.2) is 4.99 Å². The molecule has 0 spiro atoms. The monoisotopic (exact) mass is 429 g/mol. The summed E-state index contributed by atoms with van der Waals surface area (Å²) in [7, 11) is 1.55. The number of carbonyl (C=O) groups excluding carboxylic acids is 1. The third-order valence-electron chi connectivity index (χ3n) is 5.18. The van der Waals surface area contributed by atoms with Crippen LogP contribution in [0.15, 0.2) is 59.6 Å². The van der Waals surface area contributed by atoms with Crippen molar-refractivity contribution in [3.63, 3.8) is 0 Å². The molecule has 6 nitrogen and oxygen atoms in total. The summed E-state index contributed by atoms with van der Waals surface area (Å²) in [6.07, 6.45) is 1.96. The number of nitrogens with two attached hydrogens (primary N) is 1. The maximum atomic E-state index is 13.3. The number of hydrogen-bond acceptors (Lipinski definition) is 5. The van der Waals surface area contributed by atoms with Crippen LogP contribution in [0.2, 0.25) is 0 Å². The number of carbonyl (C=O) groups is 1. The molecule has 0 aliphatic carbocycles. The first-order valence-electron chi connectivity index (χ1n) is 9.83. The quantitative estimate of drug-likeness (QED) is 0.649. The molecule has 1 atom stereocenters. The molecule has 164 valence electrons. The van der Waals surface area contributed by atoms with E-state index >= 15 is 0 Å². The SMILES string of the molecule is CCOC/C=C(/C)c1cccc(C2(c3ccc(OC(F)F)cc3)N=C(N)N(C)C2=O)c1. The lowest BCUT2D eigenvalue weighted by molar-refractivity contribution is -0.129. The van der Waals surface area contributed by atoms with Crippen LogP contribution in [0.1, 0.15) is 30.5 Å².